The van der Waals surface area contributed by atoms with Crippen molar-refractivity contribution in [2.45, 2.75) is 24.9 Å². The molecule has 1 N–H and O–H groups in total. The predicted molar refractivity (Wildman–Crippen MR) is 77.1 cm³/mol. The lowest BCUT2D eigenvalue weighted by molar-refractivity contribution is 0.0514. The number of imidazole rings is 1. The van der Waals surface area contributed by atoms with Crippen LogP contribution in [0.5, 0.6) is 0 Å². The summed E-state index contributed by atoms with van der Waals surface area (Å²) in [6.07, 6.45) is 9.18. The molecule has 0 bridgehead atoms. The Hall–Kier alpha value is -1.92. The van der Waals surface area contributed by atoms with E-state index in [0.717, 1.165) is 24.1 Å². The molecule has 1 atom stereocenters. The van der Waals surface area contributed by atoms with Gasteiger partial charge in [-0.1, -0.05) is 11.6 Å². The summed E-state index contributed by atoms with van der Waals surface area (Å²) < 4.78 is 3.63. The lowest BCUT2D eigenvalue weighted by Crippen LogP contribution is -2.34. The zero-order valence-corrected chi connectivity index (χ0v) is 12.2. The summed E-state index contributed by atoms with van der Waals surface area (Å²) in [5, 5.41) is 15.9. The number of nitrogens with zero attached hydrogens (tertiary/aromatic N) is 5. The molecular weight excluding hydrogens is 290 g/mol. The highest BCUT2D eigenvalue weighted by Crippen LogP contribution is 2.40. The second-order valence-electron chi connectivity index (χ2n) is 5.40. The first kappa shape index (κ1) is 12.8. The second-order valence-corrected chi connectivity index (χ2v) is 5.76. The zero-order chi connectivity index (χ0) is 14.6. The number of aliphatic hydroxyl groups is 1. The number of hydrogen-bond acceptors (Lipinski definition) is 4. The largest absolute Gasteiger partial charge is 0.377 e. The Kier molecular flexibility index (Phi) is 2.61. The summed E-state index contributed by atoms with van der Waals surface area (Å²) in [6, 6.07) is 0. The molecule has 21 heavy (non-hydrogen) atoms. The third kappa shape index (κ3) is 1.66. The van der Waals surface area contributed by atoms with Crippen molar-refractivity contribution in [3.8, 4) is 0 Å². The maximum Gasteiger partial charge on any atom is 0.154 e. The van der Waals surface area contributed by atoms with E-state index in [1.54, 1.807) is 29.2 Å². The van der Waals surface area contributed by atoms with Crippen molar-refractivity contribution < 1.29 is 5.11 Å². The molecule has 3 aromatic rings. The maximum absolute atomic E-state index is 11.3. The molecule has 0 saturated heterocycles. The Morgan fingerprint density at radius 3 is 3.05 bits per heavy atom. The van der Waals surface area contributed by atoms with Gasteiger partial charge in [-0.05, 0) is 19.3 Å². The SMILES string of the molecule is Cn1ncc2c1CCCC2(O)c1ncc2c(Cl)nccn12. The first-order valence-corrected chi connectivity index (χ1v) is 7.21. The average Bonchev–Trinajstić information content (AvgIpc) is 3.06. The highest BCUT2D eigenvalue weighted by molar-refractivity contribution is 6.32. The molecule has 0 saturated carbocycles. The number of aromatic nitrogens is 5. The van der Waals surface area contributed by atoms with Gasteiger partial charge >= 0.3 is 0 Å². The Balaban J connectivity index is 1.98. The number of aryl methyl sites for hydroxylation is 1. The van der Waals surface area contributed by atoms with Crippen molar-refractivity contribution in [1.82, 2.24) is 24.1 Å². The van der Waals surface area contributed by atoms with E-state index < -0.39 is 5.60 Å². The van der Waals surface area contributed by atoms with Gasteiger partial charge < -0.3 is 5.11 Å². The van der Waals surface area contributed by atoms with Crippen molar-refractivity contribution in [2.75, 3.05) is 0 Å². The van der Waals surface area contributed by atoms with Crippen LogP contribution >= 0.6 is 11.6 Å². The molecule has 3 heterocycles. The van der Waals surface area contributed by atoms with E-state index in [2.05, 4.69) is 15.1 Å². The molecule has 1 aliphatic rings. The van der Waals surface area contributed by atoms with Crippen LogP contribution in [0, 0.1) is 0 Å². The zero-order valence-electron chi connectivity index (χ0n) is 11.5. The third-order valence-electron chi connectivity index (χ3n) is 4.24. The molecule has 7 heteroatoms. The first-order chi connectivity index (χ1) is 10.1. The van der Waals surface area contributed by atoms with Gasteiger partial charge in [0.1, 0.15) is 11.3 Å². The second kappa shape index (κ2) is 4.29. The van der Waals surface area contributed by atoms with E-state index >= 15 is 0 Å². The van der Waals surface area contributed by atoms with Crippen molar-refractivity contribution in [2.24, 2.45) is 7.05 Å². The first-order valence-electron chi connectivity index (χ1n) is 6.83. The highest BCUT2D eigenvalue weighted by atomic mass is 35.5. The molecule has 1 aliphatic carbocycles. The summed E-state index contributed by atoms with van der Waals surface area (Å²) in [5.74, 6) is 0.566. The van der Waals surface area contributed by atoms with Gasteiger partial charge in [-0.3, -0.25) is 9.08 Å². The molecule has 0 fully saturated rings. The van der Waals surface area contributed by atoms with Crippen molar-refractivity contribution in [3.63, 3.8) is 0 Å². The smallest absolute Gasteiger partial charge is 0.154 e. The van der Waals surface area contributed by atoms with Gasteiger partial charge in [-0.15, -0.1) is 0 Å². The molecule has 108 valence electrons. The van der Waals surface area contributed by atoms with Crippen molar-refractivity contribution in [1.29, 1.82) is 0 Å². The topological polar surface area (TPSA) is 68.2 Å². The van der Waals surface area contributed by atoms with Gasteiger partial charge in [0.15, 0.2) is 10.8 Å². The maximum atomic E-state index is 11.3. The quantitative estimate of drug-likeness (QED) is 0.743. The van der Waals surface area contributed by atoms with Crippen LogP contribution in [0.15, 0.2) is 24.8 Å². The van der Waals surface area contributed by atoms with Gasteiger partial charge in [0, 0.05) is 30.7 Å². The van der Waals surface area contributed by atoms with Crippen molar-refractivity contribution >= 4 is 17.1 Å². The molecule has 0 radical (unpaired) electrons. The number of fused-ring (bicyclic) bond motifs is 2. The summed E-state index contributed by atoms with van der Waals surface area (Å²) in [6.45, 7) is 0. The standard InChI is InChI=1S/C14H14ClN5O/c1-19-10-3-2-4-14(21,9(10)7-18-19)13-17-8-11-12(15)16-5-6-20(11)13/h5-8,21H,2-4H2,1H3. The van der Waals surface area contributed by atoms with Crippen LogP contribution in [-0.2, 0) is 19.1 Å². The van der Waals surface area contributed by atoms with Gasteiger partial charge in [-0.2, -0.15) is 5.10 Å². The van der Waals surface area contributed by atoms with E-state index in [0.29, 0.717) is 22.9 Å². The fourth-order valence-electron chi connectivity index (χ4n) is 3.19. The minimum Gasteiger partial charge on any atom is -0.377 e. The monoisotopic (exact) mass is 303 g/mol. The number of rotatable bonds is 1. The van der Waals surface area contributed by atoms with Crippen LogP contribution in [0.4, 0.5) is 0 Å². The lowest BCUT2D eigenvalue weighted by atomic mass is 9.82. The fraction of sp³-hybridized carbons (Fsp3) is 0.357. The van der Waals surface area contributed by atoms with Crippen molar-refractivity contribution in [3.05, 3.63) is 47.0 Å². The van der Waals surface area contributed by atoms with Crippen LogP contribution in [0.25, 0.3) is 5.52 Å². The van der Waals surface area contributed by atoms with E-state index in [1.807, 2.05) is 11.7 Å². The molecule has 6 nitrogen and oxygen atoms in total. The number of hydrogen-bond donors (Lipinski definition) is 1. The fourth-order valence-corrected chi connectivity index (χ4v) is 3.38. The molecule has 0 spiro atoms. The van der Waals surface area contributed by atoms with Crippen LogP contribution < -0.4 is 0 Å². The van der Waals surface area contributed by atoms with E-state index in [-0.39, 0.29) is 0 Å². The Morgan fingerprint density at radius 1 is 1.33 bits per heavy atom. The molecule has 0 aromatic carbocycles. The van der Waals surface area contributed by atoms with Gasteiger partial charge in [0.05, 0.1) is 12.4 Å². The predicted octanol–water partition coefficient (Wildman–Crippen LogP) is 1.69. The number of halogens is 1. The highest BCUT2D eigenvalue weighted by Gasteiger charge is 2.41. The van der Waals surface area contributed by atoms with Gasteiger partial charge in [0.25, 0.3) is 0 Å². The Morgan fingerprint density at radius 2 is 2.19 bits per heavy atom. The Bertz CT molecular complexity index is 839. The minimum absolute atomic E-state index is 0.377. The molecule has 0 aliphatic heterocycles. The summed E-state index contributed by atoms with van der Waals surface area (Å²) >= 11 is 6.09. The van der Waals surface area contributed by atoms with E-state index in [4.69, 9.17) is 11.6 Å². The summed E-state index contributed by atoms with van der Waals surface area (Å²) in [7, 11) is 1.90. The summed E-state index contributed by atoms with van der Waals surface area (Å²) in [5.41, 5.74) is 1.44. The van der Waals surface area contributed by atoms with Crippen LogP contribution in [0.3, 0.4) is 0 Å². The Labute approximate surface area is 126 Å². The molecule has 0 amide bonds. The molecular formula is C14H14ClN5O. The van der Waals surface area contributed by atoms with Gasteiger partial charge in [-0.25, -0.2) is 9.97 Å². The normalized spacial score (nSPS) is 21.7. The summed E-state index contributed by atoms with van der Waals surface area (Å²) in [4.78, 5) is 8.45. The van der Waals surface area contributed by atoms with Crippen LogP contribution in [0.2, 0.25) is 5.15 Å². The van der Waals surface area contributed by atoms with E-state index in [9.17, 15) is 5.11 Å². The minimum atomic E-state index is -1.14. The lowest BCUT2D eigenvalue weighted by Gasteiger charge is -2.31. The molecule has 4 rings (SSSR count). The van der Waals surface area contributed by atoms with Gasteiger partial charge in [0.2, 0.25) is 0 Å². The van der Waals surface area contributed by atoms with E-state index in [1.165, 1.54) is 0 Å². The van der Waals surface area contributed by atoms with Crippen LogP contribution in [-0.4, -0.2) is 29.3 Å². The average molecular weight is 304 g/mol. The molecule has 3 aromatic heterocycles. The molecule has 1 unspecified atom stereocenters. The van der Waals surface area contributed by atoms with Crippen LogP contribution in [0.1, 0.15) is 29.9 Å². The third-order valence-corrected chi connectivity index (χ3v) is 4.53.